The number of hydrogen-bond donors (Lipinski definition) is 0. The molecule has 1 rings (SSSR count). The molecule has 1 heterocycles. The van der Waals surface area contributed by atoms with Gasteiger partial charge >= 0.3 is 0 Å². The van der Waals surface area contributed by atoms with E-state index in [1.54, 1.807) is 6.21 Å². The van der Waals surface area contributed by atoms with Crippen molar-refractivity contribution in [2.45, 2.75) is 4.87 Å². The number of aliphatic imine (C=N–C) groups is 1. The lowest BCUT2D eigenvalue weighted by Crippen LogP contribution is -2.26. The lowest BCUT2D eigenvalue weighted by molar-refractivity contribution is 0.788. The average molecular weight is 164 g/mol. The molecule has 0 N–H and O–H groups in total. The smallest absolute Gasteiger partial charge is 0.0958 e. The Hall–Kier alpha value is -0.0100. The normalized spacial score (nSPS) is 33.1. The van der Waals surface area contributed by atoms with Crippen LogP contribution in [0.1, 0.15) is 0 Å². The topological polar surface area (TPSA) is 12.4 Å². The van der Waals surface area contributed by atoms with E-state index < -0.39 is 4.87 Å². The van der Waals surface area contributed by atoms with Gasteiger partial charge in [0.05, 0.1) is 11.4 Å². The van der Waals surface area contributed by atoms with Gasteiger partial charge in [-0.3, -0.25) is 4.99 Å². The van der Waals surface area contributed by atoms with Gasteiger partial charge in [0.15, 0.2) is 0 Å². The first-order chi connectivity index (χ1) is 4.27. The zero-order valence-corrected chi connectivity index (χ0v) is 6.36. The largest absolute Gasteiger partial charge is 0.291 e. The minimum Gasteiger partial charge on any atom is -0.291 e. The van der Waals surface area contributed by atoms with Gasteiger partial charge in [-0.25, -0.2) is 0 Å². The molecule has 0 fully saturated rings. The Labute approximate surface area is 64.4 Å². The molecule has 0 aromatic rings. The molecule has 1 unspecified atom stereocenters. The van der Waals surface area contributed by atoms with Crippen molar-refractivity contribution in [3.63, 3.8) is 0 Å². The summed E-state index contributed by atoms with van der Waals surface area (Å²) in [6, 6.07) is 0. The van der Waals surface area contributed by atoms with Crippen molar-refractivity contribution >= 4 is 29.4 Å². The zero-order valence-electron chi connectivity index (χ0n) is 4.85. The van der Waals surface area contributed by atoms with E-state index in [0.717, 1.165) is 0 Å². The molecule has 1 nitrogen and oxygen atoms in total. The second kappa shape index (κ2) is 2.72. The molecular formula is C6H7Cl2N. The number of rotatable bonds is 1. The summed E-state index contributed by atoms with van der Waals surface area (Å²) in [5.41, 5.74) is 0. The highest BCUT2D eigenvalue weighted by molar-refractivity contribution is 6.32. The van der Waals surface area contributed by atoms with Gasteiger partial charge < -0.3 is 0 Å². The molecule has 1 aliphatic heterocycles. The number of hydrogen-bond acceptors (Lipinski definition) is 1. The van der Waals surface area contributed by atoms with Crippen molar-refractivity contribution in [2.75, 3.05) is 12.4 Å². The fourth-order valence-electron chi connectivity index (χ4n) is 0.620. The maximum atomic E-state index is 5.93. The summed E-state index contributed by atoms with van der Waals surface area (Å²) in [6.45, 7) is 0.592. The van der Waals surface area contributed by atoms with Crippen molar-refractivity contribution < 1.29 is 0 Å². The van der Waals surface area contributed by atoms with Gasteiger partial charge in [0.25, 0.3) is 0 Å². The summed E-state index contributed by atoms with van der Waals surface area (Å²) in [5, 5.41) is 0. The van der Waals surface area contributed by atoms with Crippen LogP contribution in [0.15, 0.2) is 17.1 Å². The Kier molecular flexibility index (Phi) is 2.14. The number of alkyl halides is 2. The molecule has 0 spiro atoms. The standard InChI is InChI=1S/C6H7Cl2N/c7-4-6(8)2-1-3-9-5-6/h1-3H,4-5H2. The summed E-state index contributed by atoms with van der Waals surface area (Å²) < 4.78 is 0. The molecule has 0 saturated heterocycles. The molecule has 0 aromatic heterocycles. The first-order valence-corrected chi connectivity index (χ1v) is 3.61. The van der Waals surface area contributed by atoms with E-state index in [9.17, 15) is 0 Å². The van der Waals surface area contributed by atoms with Crippen LogP contribution in [0.2, 0.25) is 0 Å². The third kappa shape index (κ3) is 1.70. The number of dihydropyridines is 1. The third-order valence-corrected chi connectivity index (χ3v) is 2.16. The summed E-state index contributed by atoms with van der Waals surface area (Å²) in [6.07, 6.45) is 5.42. The van der Waals surface area contributed by atoms with Gasteiger partial charge in [0.1, 0.15) is 0 Å². The summed E-state index contributed by atoms with van der Waals surface area (Å²) >= 11 is 11.5. The van der Waals surface area contributed by atoms with Crippen LogP contribution in [0, 0.1) is 0 Å². The Balaban J connectivity index is 2.63. The molecule has 9 heavy (non-hydrogen) atoms. The quantitative estimate of drug-likeness (QED) is 0.524. The molecule has 0 radical (unpaired) electrons. The predicted molar refractivity (Wildman–Crippen MR) is 41.8 cm³/mol. The van der Waals surface area contributed by atoms with Gasteiger partial charge in [-0.15, -0.1) is 23.2 Å². The van der Waals surface area contributed by atoms with E-state index in [2.05, 4.69) is 4.99 Å². The number of halogens is 2. The van der Waals surface area contributed by atoms with Crippen molar-refractivity contribution in [3.8, 4) is 0 Å². The lowest BCUT2D eigenvalue weighted by atomic mass is 10.1. The van der Waals surface area contributed by atoms with Crippen LogP contribution in [0.5, 0.6) is 0 Å². The van der Waals surface area contributed by atoms with Crippen LogP contribution in [0.25, 0.3) is 0 Å². The maximum Gasteiger partial charge on any atom is 0.0958 e. The van der Waals surface area contributed by atoms with Gasteiger partial charge in [-0.2, -0.15) is 0 Å². The fourth-order valence-corrected chi connectivity index (χ4v) is 0.936. The average Bonchev–Trinajstić information content (AvgIpc) is 1.90. The molecule has 50 valence electrons. The predicted octanol–water partition coefficient (Wildman–Crippen LogP) is 1.84. The molecule has 0 saturated carbocycles. The van der Waals surface area contributed by atoms with Gasteiger partial charge in [-0.1, -0.05) is 6.08 Å². The highest BCUT2D eigenvalue weighted by atomic mass is 35.5. The van der Waals surface area contributed by atoms with Crippen molar-refractivity contribution in [2.24, 2.45) is 4.99 Å². The third-order valence-electron chi connectivity index (χ3n) is 1.16. The van der Waals surface area contributed by atoms with E-state index in [-0.39, 0.29) is 0 Å². The second-order valence-corrected chi connectivity index (χ2v) is 3.04. The Bertz CT molecular complexity index is 153. The first kappa shape index (κ1) is 7.10. The van der Waals surface area contributed by atoms with Crippen LogP contribution in [-0.2, 0) is 0 Å². The van der Waals surface area contributed by atoms with Crippen LogP contribution in [0.3, 0.4) is 0 Å². The number of allylic oxidation sites excluding steroid dienone is 1. The van der Waals surface area contributed by atoms with Gasteiger partial charge in [0.2, 0.25) is 0 Å². The van der Waals surface area contributed by atoms with Crippen LogP contribution >= 0.6 is 23.2 Å². The van der Waals surface area contributed by atoms with E-state index in [4.69, 9.17) is 23.2 Å². The molecular weight excluding hydrogens is 157 g/mol. The highest BCUT2D eigenvalue weighted by Crippen LogP contribution is 2.20. The highest BCUT2D eigenvalue weighted by Gasteiger charge is 2.22. The summed E-state index contributed by atoms with van der Waals surface area (Å²) in [7, 11) is 0. The lowest BCUT2D eigenvalue weighted by Gasteiger charge is -2.18. The zero-order chi connectivity index (χ0) is 6.74. The first-order valence-electron chi connectivity index (χ1n) is 2.69. The molecule has 1 aliphatic rings. The molecule has 0 aliphatic carbocycles. The van der Waals surface area contributed by atoms with Crippen LogP contribution in [0.4, 0.5) is 0 Å². The fraction of sp³-hybridized carbons (Fsp3) is 0.500. The molecule has 0 bridgehead atoms. The molecule has 0 amide bonds. The number of nitrogens with zero attached hydrogens (tertiary/aromatic N) is 1. The SMILES string of the molecule is ClCC1(Cl)C=CC=NC1. The van der Waals surface area contributed by atoms with Crippen molar-refractivity contribution in [1.29, 1.82) is 0 Å². The summed E-state index contributed by atoms with van der Waals surface area (Å²) in [4.78, 5) is 3.55. The van der Waals surface area contributed by atoms with E-state index in [0.29, 0.717) is 12.4 Å². The van der Waals surface area contributed by atoms with E-state index in [1.165, 1.54) is 0 Å². The molecule has 1 atom stereocenters. The minimum absolute atomic E-state index is 0.419. The molecule has 0 aromatic carbocycles. The van der Waals surface area contributed by atoms with E-state index in [1.807, 2.05) is 12.2 Å². The second-order valence-electron chi connectivity index (χ2n) is 2.02. The Morgan fingerprint density at radius 1 is 1.67 bits per heavy atom. The minimum atomic E-state index is -0.420. The van der Waals surface area contributed by atoms with Crippen molar-refractivity contribution in [1.82, 2.24) is 0 Å². The van der Waals surface area contributed by atoms with Crippen molar-refractivity contribution in [3.05, 3.63) is 12.2 Å². The van der Waals surface area contributed by atoms with Crippen LogP contribution in [-0.4, -0.2) is 23.5 Å². The maximum absolute atomic E-state index is 5.93. The monoisotopic (exact) mass is 163 g/mol. The van der Waals surface area contributed by atoms with E-state index >= 15 is 0 Å². The molecule has 3 heteroatoms. The Morgan fingerprint density at radius 3 is 2.78 bits per heavy atom. The Morgan fingerprint density at radius 2 is 2.44 bits per heavy atom. The van der Waals surface area contributed by atoms with Crippen LogP contribution < -0.4 is 0 Å². The summed E-state index contributed by atoms with van der Waals surface area (Å²) in [5.74, 6) is 0.419. The van der Waals surface area contributed by atoms with Gasteiger partial charge in [0, 0.05) is 12.1 Å². The van der Waals surface area contributed by atoms with Gasteiger partial charge in [-0.05, 0) is 6.08 Å².